The lowest BCUT2D eigenvalue weighted by Crippen LogP contribution is -2.30. The van der Waals surface area contributed by atoms with Gasteiger partial charge in [-0.2, -0.15) is 0 Å². The molecule has 1 atom stereocenters. The molecule has 0 heterocycles. The Hall–Kier alpha value is -3.41. The van der Waals surface area contributed by atoms with E-state index in [-0.39, 0.29) is 37.5 Å². The van der Waals surface area contributed by atoms with Crippen molar-refractivity contribution in [2.75, 3.05) is 13.2 Å². The topological polar surface area (TPSA) is 78.9 Å². The Kier molecular flexibility index (Phi) is 46.5. The minimum Gasteiger partial charge on any atom is -0.462 e. The van der Waals surface area contributed by atoms with E-state index in [9.17, 15) is 14.4 Å². The monoisotopic (exact) mass is 849 g/mol. The second-order valence-corrected chi connectivity index (χ2v) is 16.4. The molecule has 0 aliphatic heterocycles. The fourth-order valence-electron chi connectivity index (χ4n) is 6.71. The van der Waals surface area contributed by atoms with Crippen molar-refractivity contribution < 1.29 is 28.6 Å². The molecule has 0 amide bonds. The predicted molar refractivity (Wildman–Crippen MR) is 261 cm³/mol. The number of allylic oxidation sites excluding steroid dienone is 14. The molecule has 0 spiro atoms. The molecule has 0 aliphatic rings. The fraction of sp³-hybridized carbons (Fsp3) is 0.691. The second kappa shape index (κ2) is 49.2. The lowest BCUT2D eigenvalue weighted by atomic mass is 10.0. The summed E-state index contributed by atoms with van der Waals surface area (Å²) >= 11 is 0. The van der Waals surface area contributed by atoms with Gasteiger partial charge in [0, 0.05) is 19.3 Å². The van der Waals surface area contributed by atoms with Crippen LogP contribution in [0.1, 0.15) is 226 Å². The van der Waals surface area contributed by atoms with Gasteiger partial charge in [0.25, 0.3) is 0 Å². The zero-order valence-electron chi connectivity index (χ0n) is 39.7. The van der Waals surface area contributed by atoms with Gasteiger partial charge in [0.05, 0.1) is 0 Å². The van der Waals surface area contributed by atoms with Crippen molar-refractivity contribution in [1.82, 2.24) is 0 Å². The summed E-state index contributed by atoms with van der Waals surface area (Å²) in [7, 11) is 0. The highest BCUT2D eigenvalue weighted by atomic mass is 16.6. The number of hydrogen-bond donors (Lipinski definition) is 0. The van der Waals surface area contributed by atoms with Crippen LogP contribution in [0.2, 0.25) is 0 Å². The molecule has 61 heavy (non-hydrogen) atoms. The molecule has 0 saturated carbocycles. The molecule has 0 saturated heterocycles. The number of esters is 3. The average Bonchev–Trinajstić information content (AvgIpc) is 3.26. The summed E-state index contributed by atoms with van der Waals surface area (Å²) in [4.78, 5) is 37.9. The standard InChI is InChI=1S/C55H92O6/c1-4-7-10-13-16-19-22-24-26-27-28-29-31-33-36-39-42-45-48-54(57)60-51-52(50-59-53(56)47-44-41-38-35-32-21-18-15-12-9-6-3)61-55(58)49-46-43-40-37-34-30-25-23-20-17-14-11-8-5-2/h9,12,16,18-19,21-22,24,26-29,35,38,52H,4-8,10-11,13-15,17,20,23,25,30-34,36-37,39-51H2,1-3H3/b12-9-,19-16-,21-18-,24-22-,27-26-,29-28-,38-35-. The van der Waals surface area contributed by atoms with Gasteiger partial charge in [-0.15, -0.1) is 0 Å². The molecule has 0 fully saturated rings. The minimum atomic E-state index is -0.804. The average molecular weight is 849 g/mol. The van der Waals surface area contributed by atoms with Gasteiger partial charge < -0.3 is 14.2 Å². The van der Waals surface area contributed by atoms with E-state index in [0.29, 0.717) is 19.3 Å². The summed E-state index contributed by atoms with van der Waals surface area (Å²) in [5.41, 5.74) is 0. The molecule has 0 rings (SSSR count). The first kappa shape index (κ1) is 57.6. The van der Waals surface area contributed by atoms with E-state index >= 15 is 0 Å². The summed E-state index contributed by atoms with van der Waals surface area (Å²) < 4.78 is 16.7. The van der Waals surface area contributed by atoms with E-state index in [2.05, 4.69) is 106 Å². The summed E-state index contributed by atoms with van der Waals surface area (Å²) in [6, 6.07) is 0. The molecular formula is C55H92O6. The van der Waals surface area contributed by atoms with Gasteiger partial charge in [-0.3, -0.25) is 14.4 Å². The van der Waals surface area contributed by atoms with Gasteiger partial charge >= 0.3 is 17.9 Å². The maximum atomic E-state index is 12.8. The van der Waals surface area contributed by atoms with E-state index in [0.717, 1.165) is 89.9 Å². The number of carbonyl (C=O) groups excluding carboxylic acids is 3. The third-order valence-corrected chi connectivity index (χ3v) is 10.5. The highest BCUT2D eigenvalue weighted by Crippen LogP contribution is 2.15. The van der Waals surface area contributed by atoms with Crippen LogP contribution < -0.4 is 0 Å². The SMILES string of the molecule is CC/C=C\C/C=C\C/C=C\CCCC(=O)OCC(COC(=O)CCCCCCC\C=C/C=C\C=C/C=C\CCCCC)OC(=O)CCCCCCCCCCCCCCCC. The Labute approximate surface area is 375 Å². The van der Waals surface area contributed by atoms with Gasteiger partial charge in [0.1, 0.15) is 13.2 Å². The smallest absolute Gasteiger partial charge is 0.306 e. The van der Waals surface area contributed by atoms with Crippen LogP contribution in [0.4, 0.5) is 0 Å². The van der Waals surface area contributed by atoms with Crippen LogP contribution in [0.15, 0.2) is 85.1 Å². The number of carbonyl (C=O) groups is 3. The first-order valence-electron chi connectivity index (χ1n) is 25.1. The minimum absolute atomic E-state index is 0.104. The first-order chi connectivity index (χ1) is 30.0. The van der Waals surface area contributed by atoms with Crippen molar-refractivity contribution in [2.45, 2.75) is 232 Å². The number of ether oxygens (including phenoxy) is 3. The molecule has 1 unspecified atom stereocenters. The molecule has 6 nitrogen and oxygen atoms in total. The highest BCUT2D eigenvalue weighted by molar-refractivity contribution is 5.71. The summed E-state index contributed by atoms with van der Waals surface area (Å²) in [6.45, 7) is 6.41. The molecule has 0 aromatic carbocycles. The molecule has 0 bridgehead atoms. The second-order valence-electron chi connectivity index (χ2n) is 16.4. The van der Waals surface area contributed by atoms with Crippen LogP contribution in [0.3, 0.4) is 0 Å². The van der Waals surface area contributed by atoms with Crippen LogP contribution >= 0.6 is 0 Å². The molecule has 0 radical (unpaired) electrons. The van der Waals surface area contributed by atoms with E-state index in [1.165, 1.54) is 89.9 Å². The van der Waals surface area contributed by atoms with E-state index in [1.54, 1.807) is 0 Å². The van der Waals surface area contributed by atoms with Gasteiger partial charge in [0.15, 0.2) is 6.10 Å². The van der Waals surface area contributed by atoms with Gasteiger partial charge in [-0.25, -0.2) is 0 Å². The van der Waals surface area contributed by atoms with Crippen molar-refractivity contribution in [3.63, 3.8) is 0 Å². The molecule has 0 aromatic heterocycles. The van der Waals surface area contributed by atoms with Crippen LogP contribution in [-0.4, -0.2) is 37.2 Å². The maximum Gasteiger partial charge on any atom is 0.306 e. The van der Waals surface area contributed by atoms with Crippen molar-refractivity contribution in [3.8, 4) is 0 Å². The Morgan fingerprint density at radius 3 is 1.23 bits per heavy atom. The Morgan fingerprint density at radius 2 is 0.721 bits per heavy atom. The van der Waals surface area contributed by atoms with Crippen molar-refractivity contribution in [1.29, 1.82) is 0 Å². The van der Waals surface area contributed by atoms with Crippen LogP contribution in [-0.2, 0) is 28.6 Å². The van der Waals surface area contributed by atoms with E-state index in [1.807, 2.05) is 0 Å². The summed E-state index contributed by atoms with van der Waals surface area (Å²) in [6.07, 6.45) is 62.8. The van der Waals surface area contributed by atoms with Crippen molar-refractivity contribution in [3.05, 3.63) is 85.1 Å². The van der Waals surface area contributed by atoms with E-state index in [4.69, 9.17) is 14.2 Å². The van der Waals surface area contributed by atoms with Crippen LogP contribution in [0.5, 0.6) is 0 Å². The van der Waals surface area contributed by atoms with Crippen molar-refractivity contribution in [2.24, 2.45) is 0 Å². The van der Waals surface area contributed by atoms with Crippen LogP contribution in [0.25, 0.3) is 0 Å². The molecule has 6 heteroatoms. The first-order valence-corrected chi connectivity index (χ1v) is 25.1. The summed E-state index contributed by atoms with van der Waals surface area (Å²) in [5.74, 6) is -0.981. The normalized spacial score (nSPS) is 12.8. The lowest BCUT2D eigenvalue weighted by molar-refractivity contribution is -0.167. The Balaban J connectivity index is 4.46. The quantitative estimate of drug-likeness (QED) is 0.0200. The van der Waals surface area contributed by atoms with E-state index < -0.39 is 6.10 Å². The van der Waals surface area contributed by atoms with Gasteiger partial charge in [-0.1, -0.05) is 221 Å². The molecule has 348 valence electrons. The molecule has 0 aromatic rings. The number of hydrogen-bond acceptors (Lipinski definition) is 6. The third-order valence-electron chi connectivity index (χ3n) is 10.5. The van der Waals surface area contributed by atoms with Crippen molar-refractivity contribution >= 4 is 17.9 Å². The molecule has 0 N–H and O–H groups in total. The zero-order chi connectivity index (χ0) is 44.4. The fourth-order valence-corrected chi connectivity index (χ4v) is 6.71. The molecular weight excluding hydrogens is 757 g/mol. The van der Waals surface area contributed by atoms with Gasteiger partial charge in [0.2, 0.25) is 0 Å². The zero-order valence-corrected chi connectivity index (χ0v) is 39.7. The number of rotatable bonds is 44. The largest absolute Gasteiger partial charge is 0.462 e. The Morgan fingerprint density at radius 1 is 0.361 bits per heavy atom. The third kappa shape index (κ3) is 47.5. The predicted octanol–water partition coefficient (Wildman–Crippen LogP) is 16.4. The van der Waals surface area contributed by atoms with Crippen LogP contribution in [0, 0.1) is 0 Å². The lowest BCUT2D eigenvalue weighted by Gasteiger charge is -2.18. The maximum absolute atomic E-state index is 12.8. The van der Waals surface area contributed by atoms with Gasteiger partial charge in [-0.05, 0) is 70.6 Å². The number of unbranched alkanes of at least 4 members (excludes halogenated alkanes) is 22. The molecule has 0 aliphatic carbocycles. The summed E-state index contributed by atoms with van der Waals surface area (Å²) in [5, 5.41) is 0. The Bertz CT molecular complexity index is 1200. The highest BCUT2D eigenvalue weighted by Gasteiger charge is 2.19.